The molecule has 1 amide bonds. The van der Waals surface area contributed by atoms with Crippen LogP contribution < -0.4 is 0 Å². The Morgan fingerprint density at radius 1 is 1.00 bits per heavy atom. The minimum Gasteiger partial charge on any atom is -0.507 e. The van der Waals surface area contributed by atoms with Crippen LogP contribution >= 0.6 is 23.2 Å². The van der Waals surface area contributed by atoms with Gasteiger partial charge in [0.1, 0.15) is 5.76 Å². The summed E-state index contributed by atoms with van der Waals surface area (Å²) >= 11 is 12.1. The molecule has 1 saturated heterocycles. The molecule has 1 unspecified atom stereocenters. The van der Waals surface area contributed by atoms with Crippen LogP contribution in [0.5, 0.6) is 0 Å². The van der Waals surface area contributed by atoms with E-state index >= 15 is 0 Å². The van der Waals surface area contributed by atoms with Crippen LogP contribution in [0.2, 0.25) is 10.0 Å². The number of halogens is 2. The molecule has 1 heterocycles. The molecular weight excluding hydrogens is 421 g/mol. The molecule has 0 bridgehead atoms. The summed E-state index contributed by atoms with van der Waals surface area (Å²) in [5, 5.41) is 11.6. The normalized spacial score (nSPS) is 18.3. The van der Waals surface area contributed by atoms with Gasteiger partial charge in [0, 0.05) is 12.1 Å². The Bertz CT molecular complexity index is 982. The zero-order valence-corrected chi connectivity index (χ0v) is 18.6. The van der Waals surface area contributed by atoms with Crippen molar-refractivity contribution in [3.8, 4) is 0 Å². The number of carbonyl (C=O) groups is 2. The van der Waals surface area contributed by atoms with Gasteiger partial charge in [-0.15, -0.1) is 0 Å². The molecule has 0 spiro atoms. The highest BCUT2D eigenvalue weighted by Gasteiger charge is 2.45. The predicted molar refractivity (Wildman–Crippen MR) is 121 cm³/mol. The molecule has 158 valence electrons. The fraction of sp³-hybridized carbons (Fsp3) is 0.333. The van der Waals surface area contributed by atoms with Gasteiger partial charge in [-0.05, 0) is 42.2 Å². The summed E-state index contributed by atoms with van der Waals surface area (Å²) in [5.41, 5.74) is 2.39. The fourth-order valence-electron chi connectivity index (χ4n) is 3.72. The van der Waals surface area contributed by atoms with Crippen LogP contribution in [0, 0.1) is 0 Å². The Labute approximate surface area is 187 Å². The lowest BCUT2D eigenvalue weighted by Crippen LogP contribution is -2.30. The third kappa shape index (κ3) is 4.40. The molecule has 2 aromatic rings. The average molecular weight is 446 g/mol. The van der Waals surface area contributed by atoms with E-state index in [4.69, 9.17) is 23.2 Å². The number of ketones is 1. The van der Waals surface area contributed by atoms with Crippen molar-refractivity contribution >= 4 is 40.7 Å². The first-order valence-corrected chi connectivity index (χ1v) is 11.0. The van der Waals surface area contributed by atoms with Crippen molar-refractivity contribution in [1.82, 2.24) is 4.90 Å². The van der Waals surface area contributed by atoms with Gasteiger partial charge in [0.15, 0.2) is 0 Å². The molecule has 1 atom stereocenters. The third-order valence-corrected chi connectivity index (χ3v) is 6.18. The largest absolute Gasteiger partial charge is 0.507 e. The average Bonchev–Trinajstić information content (AvgIpc) is 3.00. The van der Waals surface area contributed by atoms with Gasteiger partial charge in [-0.1, -0.05) is 74.2 Å². The molecule has 0 radical (unpaired) electrons. The van der Waals surface area contributed by atoms with E-state index in [1.807, 2.05) is 24.3 Å². The van der Waals surface area contributed by atoms with E-state index in [1.54, 1.807) is 17.0 Å². The van der Waals surface area contributed by atoms with Gasteiger partial charge in [-0.25, -0.2) is 0 Å². The Morgan fingerprint density at radius 2 is 1.70 bits per heavy atom. The molecule has 0 aliphatic carbocycles. The number of unbranched alkanes of at least 4 members (excludes halogenated alkanes) is 2. The second kappa shape index (κ2) is 9.67. The molecule has 1 aliphatic heterocycles. The lowest BCUT2D eigenvalue weighted by atomic mass is 9.94. The summed E-state index contributed by atoms with van der Waals surface area (Å²) in [6.07, 6.45) is 3.64. The van der Waals surface area contributed by atoms with Crippen LogP contribution in [0.25, 0.3) is 5.76 Å². The molecular formula is C24H25Cl2NO3. The van der Waals surface area contributed by atoms with Gasteiger partial charge in [-0.2, -0.15) is 0 Å². The highest BCUT2D eigenvalue weighted by Crippen LogP contribution is 2.40. The maximum Gasteiger partial charge on any atom is 0.295 e. The van der Waals surface area contributed by atoms with Crippen molar-refractivity contribution in [2.24, 2.45) is 0 Å². The summed E-state index contributed by atoms with van der Waals surface area (Å²) < 4.78 is 0. The van der Waals surface area contributed by atoms with E-state index < -0.39 is 17.7 Å². The Morgan fingerprint density at radius 3 is 2.30 bits per heavy atom. The highest BCUT2D eigenvalue weighted by atomic mass is 35.5. The summed E-state index contributed by atoms with van der Waals surface area (Å²) in [4.78, 5) is 27.4. The van der Waals surface area contributed by atoms with Crippen LogP contribution in [0.15, 0.2) is 48.0 Å². The molecule has 1 N–H and O–H groups in total. The molecule has 1 aliphatic rings. The first-order valence-electron chi connectivity index (χ1n) is 10.2. The van der Waals surface area contributed by atoms with Gasteiger partial charge in [0.25, 0.3) is 11.7 Å². The lowest BCUT2D eigenvalue weighted by molar-refractivity contribution is -0.139. The van der Waals surface area contributed by atoms with Crippen LogP contribution in [0.4, 0.5) is 0 Å². The SMILES string of the molecule is CCCCCN1C(=O)C(=O)/C(=C(\O)c2ccc(Cl)c(Cl)c2)C1c1ccc(CC)cc1. The molecule has 4 nitrogen and oxygen atoms in total. The van der Waals surface area contributed by atoms with Crippen molar-refractivity contribution in [1.29, 1.82) is 0 Å². The Kier molecular flexibility index (Phi) is 7.22. The van der Waals surface area contributed by atoms with Crippen molar-refractivity contribution in [2.45, 2.75) is 45.6 Å². The summed E-state index contributed by atoms with van der Waals surface area (Å²) in [5.74, 6) is -1.51. The van der Waals surface area contributed by atoms with Crippen LogP contribution in [0.1, 0.15) is 55.8 Å². The predicted octanol–water partition coefficient (Wildman–Crippen LogP) is 6.17. The molecule has 0 saturated carbocycles. The molecule has 3 rings (SSSR count). The molecule has 2 aromatic carbocycles. The van der Waals surface area contributed by atoms with E-state index in [0.717, 1.165) is 36.8 Å². The number of amides is 1. The first kappa shape index (κ1) is 22.4. The van der Waals surface area contributed by atoms with Crippen LogP contribution in [0.3, 0.4) is 0 Å². The van der Waals surface area contributed by atoms with E-state index in [-0.39, 0.29) is 16.4 Å². The number of Topliss-reactive ketones (excluding diaryl/α,β-unsaturated/α-hetero) is 1. The van der Waals surface area contributed by atoms with Gasteiger partial charge in [-0.3, -0.25) is 9.59 Å². The number of hydrogen-bond acceptors (Lipinski definition) is 3. The number of aliphatic hydroxyl groups excluding tert-OH is 1. The maximum atomic E-state index is 13.0. The fourth-order valence-corrected chi connectivity index (χ4v) is 4.02. The number of carbonyl (C=O) groups excluding carboxylic acids is 2. The minimum absolute atomic E-state index is 0.0825. The number of nitrogens with zero attached hydrogens (tertiary/aromatic N) is 1. The molecule has 1 fully saturated rings. The van der Waals surface area contributed by atoms with E-state index in [2.05, 4.69) is 13.8 Å². The van der Waals surface area contributed by atoms with E-state index in [0.29, 0.717) is 17.1 Å². The molecule has 6 heteroatoms. The number of aliphatic hydroxyl groups is 1. The Balaban J connectivity index is 2.12. The van der Waals surface area contributed by atoms with Gasteiger partial charge < -0.3 is 10.0 Å². The quantitative estimate of drug-likeness (QED) is 0.240. The van der Waals surface area contributed by atoms with E-state index in [9.17, 15) is 14.7 Å². The van der Waals surface area contributed by atoms with Gasteiger partial charge in [0.05, 0.1) is 21.7 Å². The zero-order chi connectivity index (χ0) is 21.8. The number of benzene rings is 2. The number of rotatable bonds is 7. The monoisotopic (exact) mass is 445 g/mol. The van der Waals surface area contributed by atoms with Gasteiger partial charge in [0.2, 0.25) is 0 Å². The second-order valence-corrected chi connectivity index (χ2v) is 8.24. The third-order valence-electron chi connectivity index (χ3n) is 5.44. The summed E-state index contributed by atoms with van der Waals surface area (Å²) in [6, 6.07) is 11.8. The number of likely N-dealkylation sites (tertiary alicyclic amines) is 1. The number of aryl methyl sites for hydroxylation is 1. The standard InChI is InChI=1S/C24H25Cl2NO3/c1-3-5-6-13-27-21(16-9-7-15(4-2)8-10-16)20(23(29)24(27)30)22(28)17-11-12-18(25)19(26)14-17/h7-12,14,21,28H,3-6,13H2,1-2H3/b22-20-. The first-order chi connectivity index (χ1) is 14.4. The van der Waals surface area contributed by atoms with Crippen molar-refractivity contribution in [3.05, 3.63) is 74.8 Å². The topological polar surface area (TPSA) is 57.6 Å². The van der Waals surface area contributed by atoms with E-state index in [1.165, 1.54) is 6.07 Å². The zero-order valence-electron chi connectivity index (χ0n) is 17.1. The molecule has 0 aromatic heterocycles. The maximum absolute atomic E-state index is 13.0. The highest BCUT2D eigenvalue weighted by molar-refractivity contribution is 6.46. The minimum atomic E-state index is -0.681. The lowest BCUT2D eigenvalue weighted by Gasteiger charge is -2.25. The molecule has 30 heavy (non-hydrogen) atoms. The van der Waals surface area contributed by atoms with Crippen LogP contribution in [-0.2, 0) is 16.0 Å². The smallest absolute Gasteiger partial charge is 0.295 e. The second-order valence-electron chi connectivity index (χ2n) is 7.42. The summed E-state index contributed by atoms with van der Waals surface area (Å²) in [6.45, 7) is 4.60. The van der Waals surface area contributed by atoms with Crippen molar-refractivity contribution in [3.63, 3.8) is 0 Å². The summed E-state index contributed by atoms with van der Waals surface area (Å²) in [7, 11) is 0. The van der Waals surface area contributed by atoms with Crippen molar-refractivity contribution in [2.75, 3.05) is 6.54 Å². The van der Waals surface area contributed by atoms with Gasteiger partial charge >= 0.3 is 0 Å². The Hall–Kier alpha value is -2.30. The van der Waals surface area contributed by atoms with Crippen LogP contribution in [-0.4, -0.2) is 28.2 Å². The number of hydrogen-bond donors (Lipinski definition) is 1. The van der Waals surface area contributed by atoms with Crippen molar-refractivity contribution < 1.29 is 14.7 Å².